The summed E-state index contributed by atoms with van der Waals surface area (Å²) >= 11 is 0. The lowest BCUT2D eigenvalue weighted by atomic mass is 10.1. The normalized spacial score (nSPS) is 10.3. The molecule has 0 bridgehead atoms. The minimum atomic E-state index is 0.0124. The minimum Gasteiger partial charge on any atom is -0.487 e. The molecule has 0 atom stereocenters. The zero-order valence-corrected chi connectivity index (χ0v) is 15.7. The van der Waals surface area contributed by atoms with Crippen molar-refractivity contribution in [3.63, 3.8) is 0 Å². The summed E-state index contributed by atoms with van der Waals surface area (Å²) in [6.45, 7) is 3.70. The number of para-hydroxylation sites is 2. The summed E-state index contributed by atoms with van der Waals surface area (Å²) in [5.74, 6) is 0.766. The molecule has 2 rings (SSSR count). The first-order valence-corrected chi connectivity index (χ1v) is 9.56. The Hall–Kier alpha value is -2.49. The van der Waals surface area contributed by atoms with Crippen molar-refractivity contribution in [2.75, 3.05) is 18.4 Å². The quantitative estimate of drug-likeness (QED) is 0.540. The van der Waals surface area contributed by atoms with Crippen molar-refractivity contribution in [3.8, 4) is 5.75 Å². The molecule has 0 fully saturated rings. The molecule has 0 unspecified atom stereocenters. The van der Waals surface area contributed by atoms with Crippen LogP contribution in [0.4, 0.5) is 5.69 Å². The fourth-order valence-electron chi connectivity index (χ4n) is 2.67. The van der Waals surface area contributed by atoms with E-state index in [0.717, 1.165) is 30.0 Å². The second-order valence-corrected chi connectivity index (χ2v) is 6.39. The molecular formula is C22H30N2O2. The average Bonchev–Trinajstić information content (AvgIpc) is 2.69. The predicted octanol–water partition coefficient (Wildman–Crippen LogP) is 4.76. The third-order valence-electron chi connectivity index (χ3n) is 4.17. The van der Waals surface area contributed by atoms with E-state index >= 15 is 0 Å². The number of ether oxygens (including phenoxy) is 1. The fourth-order valence-corrected chi connectivity index (χ4v) is 2.67. The van der Waals surface area contributed by atoms with Crippen LogP contribution in [0.2, 0.25) is 0 Å². The lowest BCUT2D eigenvalue weighted by molar-refractivity contribution is -0.119. The van der Waals surface area contributed by atoms with Crippen LogP contribution in [-0.2, 0) is 11.4 Å². The first kappa shape index (κ1) is 19.8. The number of hydrogen-bond donors (Lipinski definition) is 2. The smallest absolute Gasteiger partial charge is 0.239 e. The Balaban J connectivity index is 1.72. The van der Waals surface area contributed by atoms with Crippen molar-refractivity contribution in [3.05, 3.63) is 60.2 Å². The Morgan fingerprint density at radius 3 is 2.46 bits per heavy atom. The molecule has 0 saturated heterocycles. The van der Waals surface area contributed by atoms with Gasteiger partial charge in [-0.3, -0.25) is 4.79 Å². The van der Waals surface area contributed by atoms with Crippen LogP contribution in [0.3, 0.4) is 0 Å². The number of benzene rings is 2. The van der Waals surface area contributed by atoms with Crippen LogP contribution in [0, 0.1) is 0 Å². The van der Waals surface area contributed by atoms with Gasteiger partial charge in [-0.1, -0.05) is 75.1 Å². The summed E-state index contributed by atoms with van der Waals surface area (Å²) in [6.07, 6.45) is 5.98. The Bertz CT molecular complexity index is 644. The standard InChI is InChI=1S/C22H30N2O2/c1-2-3-4-5-11-16-23-22(25)17-24-20-14-9-10-15-21(20)26-18-19-12-7-6-8-13-19/h6-10,12-15,24H,2-5,11,16-18H2,1H3,(H,23,25). The van der Waals surface area contributed by atoms with Gasteiger partial charge in [0.15, 0.2) is 0 Å². The summed E-state index contributed by atoms with van der Waals surface area (Å²) in [6, 6.07) is 17.8. The third-order valence-corrected chi connectivity index (χ3v) is 4.17. The van der Waals surface area contributed by atoms with E-state index in [1.54, 1.807) is 0 Å². The maximum atomic E-state index is 12.0. The van der Waals surface area contributed by atoms with Crippen LogP contribution >= 0.6 is 0 Å². The molecule has 4 nitrogen and oxygen atoms in total. The van der Waals surface area contributed by atoms with Crippen LogP contribution in [0.1, 0.15) is 44.6 Å². The number of rotatable bonds is 12. The van der Waals surface area contributed by atoms with Crippen LogP contribution in [-0.4, -0.2) is 19.0 Å². The van der Waals surface area contributed by atoms with Crippen molar-refractivity contribution in [1.82, 2.24) is 5.32 Å². The predicted molar refractivity (Wildman–Crippen MR) is 107 cm³/mol. The van der Waals surface area contributed by atoms with E-state index in [9.17, 15) is 4.79 Å². The number of unbranched alkanes of at least 4 members (excludes halogenated alkanes) is 4. The highest BCUT2D eigenvalue weighted by Crippen LogP contribution is 2.24. The summed E-state index contributed by atoms with van der Waals surface area (Å²) in [5, 5.41) is 6.14. The lowest BCUT2D eigenvalue weighted by Gasteiger charge is -2.13. The maximum Gasteiger partial charge on any atom is 0.239 e. The van der Waals surface area contributed by atoms with Gasteiger partial charge in [0.1, 0.15) is 12.4 Å². The van der Waals surface area contributed by atoms with Gasteiger partial charge < -0.3 is 15.4 Å². The molecule has 0 aliphatic carbocycles. The molecule has 0 spiro atoms. The fraction of sp³-hybridized carbons (Fsp3) is 0.409. The molecule has 0 aromatic heterocycles. The number of hydrogen-bond acceptors (Lipinski definition) is 3. The summed E-state index contributed by atoms with van der Waals surface area (Å²) in [4.78, 5) is 12.0. The highest BCUT2D eigenvalue weighted by atomic mass is 16.5. The topological polar surface area (TPSA) is 50.4 Å². The highest BCUT2D eigenvalue weighted by molar-refractivity contribution is 5.81. The Kier molecular flexibility index (Phi) is 9.12. The molecule has 0 radical (unpaired) electrons. The summed E-state index contributed by atoms with van der Waals surface area (Å²) in [5.41, 5.74) is 1.95. The van der Waals surface area contributed by atoms with Crippen LogP contribution in [0.25, 0.3) is 0 Å². The maximum absolute atomic E-state index is 12.0. The van der Waals surface area contributed by atoms with Crippen molar-refractivity contribution >= 4 is 11.6 Å². The van der Waals surface area contributed by atoms with Crippen LogP contribution in [0.15, 0.2) is 54.6 Å². The molecule has 140 valence electrons. The molecule has 4 heteroatoms. The second kappa shape index (κ2) is 12.0. The molecule has 2 aromatic carbocycles. The summed E-state index contributed by atoms with van der Waals surface area (Å²) < 4.78 is 5.90. The lowest BCUT2D eigenvalue weighted by Crippen LogP contribution is -2.30. The van der Waals surface area contributed by atoms with E-state index in [1.807, 2.05) is 54.6 Å². The van der Waals surface area contributed by atoms with Gasteiger partial charge >= 0.3 is 0 Å². The molecule has 0 saturated carbocycles. The zero-order valence-electron chi connectivity index (χ0n) is 15.7. The SMILES string of the molecule is CCCCCCCNC(=O)CNc1ccccc1OCc1ccccc1. The first-order valence-electron chi connectivity index (χ1n) is 9.56. The number of amides is 1. The molecule has 0 heterocycles. The largest absolute Gasteiger partial charge is 0.487 e. The molecule has 2 N–H and O–H groups in total. The zero-order chi connectivity index (χ0) is 18.5. The van der Waals surface area contributed by atoms with Crippen molar-refractivity contribution in [2.45, 2.75) is 45.6 Å². The number of carbonyl (C=O) groups is 1. The minimum absolute atomic E-state index is 0.0124. The van der Waals surface area contributed by atoms with Gasteiger partial charge in [-0.05, 0) is 24.1 Å². The van der Waals surface area contributed by atoms with E-state index in [0.29, 0.717) is 6.61 Å². The monoisotopic (exact) mass is 354 g/mol. The van der Waals surface area contributed by atoms with Gasteiger partial charge in [0.2, 0.25) is 5.91 Å². The van der Waals surface area contributed by atoms with Crippen LogP contribution < -0.4 is 15.4 Å². The van der Waals surface area contributed by atoms with E-state index in [4.69, 9.17) is 4.74 Å². The molecule has 0 aliphatic rings. The number of nitrogens with one attached hydrogen (secondary N) is 2. The van der Waals surface area contributed by atoms with Crippen molar-refractivity contribution in [2.24, 2.45) is 0 Å². The van der Waals surface area contributed by atoms with Crippen LogP contribution in [0.5, 0.6) is 5.75 Å². The first-order chi connectivity index (χ1) is 12.8. The average molecular weight is 354 g/mol. The molecular weight excluding hydrogens is 324 g/mol. The second-order valence-electron chi connectivity index (χ2n) is 6.39. The molecule has 1 amide bonds. The van der Waals surface area contributed by atoms with E-state index in [-0.39, 0.29) is 12.5 Å². The van der Waals surface area contributed by atoms with E-state index in [2.05, 4.69) is 17.6 Å². The van der Waals surface area contributed by atoms with Gasteiger partial charge in [0, 0.05) is 6.54 Å². The number of carbonyl (C=O) groups excluding carboxylic acids is 1. The molecule has 2 aromatic rings. The van der Waals surface area contributed by atoms with Gasteiger partial charge in [0.05, 0.1) is 12.2 Å². The third kappa shape index (κ3) is 7.60. The van der Waals surface area contributed by atoms with Gasteiger partial charge in [0.25, 0.3) is 0 Å². The van der Waals surface area contributed by atoms with Gasteiger partial charge in [-0.2, -0.15) is 0 Å². The molecule has 26 heavy (non-hydrogen) atoms. The Morgan fingerprint density at radius 2 is 1.65 bits per heavy atom. The van der Waals surface area contributed by atoms with Crippen molar-refractivity contribution in [1.29, 1.82) is 0 Å². The Labute approximate surface area is 157 Å². The van der Waals surface area contributed by atoms with Gasteiger partial charge in [-0.25, -0.2) is 0 Å². The summed E-state index contributed by atoms with van der Waals surface area (Å²) in [7, 11) is 0. The molecule has 0 aliphatic heterocycles. The highest BCUT2D eigenvalue weighted by Gasteiger charge is 2.06. The Morgan fingerprint density at radius 1 is 0.923 bits per heavy atom. The van der Waals surface area contributed by atoms with E-state index < -0.39 is 0 Å². The number of anilines is 1. The van der Waals surface area contributed by atoms with E-state index in [1.165, 1.54) is 25.7 Å². The van der Waals surface area contributed by atoms with Gasteiger partial charge in [-0.15, -0.1) is 0 Å². The van der Waals surface area contributed by atoms with Crippen molar-refractivity contribution < 1.29 is 9.53 Å².